The average molecular weight is 516 g/mol. The van der Waals surface area contributed by atoms with Crippen molar-refractivity contribution in [3.63, 3.8) is 0 Å². The molecule has 2 aromatic rings. The topological polar surface area (TPSA) is 87.7 Å². The van der Waals surface area contributed by atoms with Crippen molar-refractivity contribution in [2.24, 2.45) is 0 Å². The van der Waals surface area contributed by atoms with Crippen LogP contribution in [0.25, 0.3) is 0 Å². The lowest BCUT2D eigenvalue weighted by atomic mass is 9.91. The summed E-state index contributed by atoms with van der Waals surface area (Å²) in [5.41, 5.74) is 1.43. The maximum atomic E-state index is 13.9. The fourth-order valence-electron chi connectivity index (χ4n) is 3.82. The fourth-order valence-corrected chi connectivity index (χ4v) is 4.09. The SMILES string of the molecule is CCC(C)(C)N(C(=O)CNC(=O)OC(C)(C)C)C(C(=O)Nc1c(C)cccc1Cl)c1ccccc1C. The minimum Gasteiger partial charge on any atom is -0.444 e. The van der Waals surface area contributed by atoms with Gasteiger partial charge in [-0.1, -0.05) is 54.9 Å². The van der Waals surface area contributed by atoms with E-state index in [2.05, 4.69) is 10.6 Å². The van der Waals surface area contributed by atoms with Gasteiger partial charge in [-0.25, -0.2) is 4.79 Å². The standard InChI is InChI=1S/C28H38ClN3O4/c1-9-28(7,8)32(22(33)17-30-26(35)36-27(4,5)6)24(20-15-11-10-13-18(20)2)25(34)31-23-19(3)14-12-16-21(23)29/h10-16,24H,9,17H2,1-8H3,(H,30,35)(H,31,34). The molecule has 2 rings (SSSR count). The van der Waals surface area contributed by atoms with Crippen LogP contribution in [0.2, 0.25) is 5.02 Å². The predicted molar refractivity (Wildman–Crippen MR) is 144 cm³/mol. The van der Waals surface area contributed by atoms with Gasteiger partial charge in [0.25, 0.3) is 5.91 Å². The molecule has 0 saturated carbocycles. The Hall–Kier alpha value is -3.06. The lowest BCUT2D eigenvalue weighted by molar-refractivity contribution is -0.145. The molecule has 1 unspecified atom stereocenters. The summed E-state index contributed by atoms with van der Waals surface area (Å²) in [4.78, 5) is 41.4. The van der Waals surface area contributed by atoms with E-state index in [9.17, 15) is 14.4 Å². The number of ether oxygens (including phenoxy) is 1. The van der Waals surface area contributed by atoms with E-state index in [0.29, 0.717) is 22.7 Å². The minimum absolute atomic E-state index is 0.320. The van der Waals surface area contributed by atoms with E-state index < -0.39 is 35.1 Å². The zero-order valence-corrected chi connectivity index (χ0v) is 23.2. The summed E-state index contributed by atoms with van der Waals surface area (Å²) in [6.45, 7) is 14.4. The van der Waals surface area contributed by atoms with Gasteiger partial charge in [0.15, 0.2) is 0 Å². The van der Waals surface area contributed by atoms with Crippen LogP contribution in [0, 0.1) is 13.8 Å². The molecule has 3 amide bonds. The Morgan fingerprint density at radius 3 is 2.14 bits per heavy atom. The first-order valence-electron chi connectivity index (χ1n) is 12.1. The second-order valence-electron chi connectivity index (χ2n) is 10.5. The Labute approximate surface area is 219 Å². The highest BCUT2D eigenvalue weighted by atomic mass is 35.5. The van der Waals surface area contributed by atoms with Crippen molar-refractivity contribution in [3.05, 3.63) is 64.2 Å². The van der Waals surface area contributed by atoms with Gasteiger partial charge < -0.3 is 20.3 Å². The fraction of sp³-hybridized carbons (Fsp3) is 0.464. The van der Waals surface area contributed by atoms with Gasteiger partial charge in [-0.15, -0.1) is 0 Å². The van der Waals surface area contributed by atoms with Gasteiger partial charge in [0.1, 0.15) is 18.2 Å². The Kier molecular flexibility index (Phi) is 9.55. The number of carbonyl (C=O) groups is 3. The number of hydrogen-bond acceptors (Lipinski definition) is 4. The van der Waals surface area contributed by atoms with Crippen molar-refractivity contribution in [1.82, 2.24) is 10.2 Å². The van der Waals surface area contributed by atoms with E-state index in [0.717, 1.165) is 11.1 Å². The van der Waals surface area contributed by atoms with Crippen LogP contribution in [0.3, 0.4) is 0 Å². The van der Waals surface area contributed by atoms with Gasteiger partial charge in [-0.3, -0.25) is 9.59 Å². The molecule has 0 fully saturated rings. The van der Waals surface area contributed by atoms with Gasteiger partial charge in [0.05, 0.1) is 10.7 Å². The maximum Gasteiger partial charge on any atom is 0.408 e. The molecule has 0 spiro atoms. The molecule has 2 aromatic carbocycles. The number of para-hydroxylation sites is 1. The van der Waals surface area contributed by atoms with E-state index in [-0.39, 0.29) is 6.54 Å². The van der Waals surface area contributed by atoms with Crippen LogP contribution in [-0.2, 0) is 14.3 Å². The van der Waals surface area contributed by atoms with Crippen molar-refractivity contribution in [2.75, 3.05) is 11.9 Å². The number of anilines is 1. The molecular formula is C28H38ClN3O4. The third kappa shape index (κ3) is 7.47. The third-order valence-corrected chi connectivity index (χ3v) is 6.34. The van der Waals surface area contributed by atoms with Gasteiger partial charge in [0.2, 0.25) is 5.91 Å². The number of rotatable bonds is 8. The van der Waals surface area contributed by atoms with Crippen LogP contribution >= 0.6 is 11.6 Å². The van der Waals surface area contributed by atoms with Gasteiger partial charge in [0, 0.05) is 5.54 Å². The number of carbonyl (C=O) groups excluding carboxylic acids is 3. The molecular weight excluding hydrogens is 478 g/mol. The summed E-state index contributed by atoms with van der Waals surface area (Å²) in [6.07, 6.45) is -0.125. The van der Waals surface area contributed by atoms with Gasteiger partial charge in [-0.05, 0) is 77.6 Å². The van der Waals surface area contributed by atoms with Crippen molar-refractivity contribution < 1.29 is 19.1 Å². The first kappa shape index (κ1) is 29.2. The Balaban J connectivity index is 2.53. The second-order valence-corrected chi connectivity index (χ2v) is 10.9. The molecule has 0 bridgehead atoms. The van der Waals surface area contributed by atoms with E-state index in [1.807, 2.05) is 71.0 Å². The monoisotopic (exact) mass is 515 g/mol. The lowest BCUT2D eigenvalue weighted by Gasteiger charge is -2.43. The Bertz CT molecular complexity index is 1090. The van der Waals surface area contributed by atoms with Crippen LogP contribution < -0.4 is 10.6 Å². The molecule has 0 heterocycles. The summed E-state index contributed by atoms with van der Waals surface area (Å²) in [7, 11) is 0. The molecule has 1 atom stereocenters. The summed E-state index contributed by atoms with van der Waals surface area (Å²) in [5.74, 6) is -0.806. The zero-order valence-electron chi connectivity index (χ0n) is 22.5. The van der Waals surface area contributed by atoms with Crippen molar-refractivity contribution in [2.45, 2.75) is 79.0 Å². The summed E-state index contributed by atoms with van der Waals surface area (Å²) in [5, 5.41) is 5.90. The van der Waals surface area contributed by atoms with Crippen LogP contribution in [0.15, 0.2) is 42.5 Å². The molecule has 196 valence electrons. The largest absolute Gasteiger partial charge is 0.444 e. The molecule has 0 saturated heterocycles. The number of nitrogens with one attached hydrogen (secondary N) is 2. The number of hydrogen-bond donors (Lipinski definition) is 2. The van der Waals surface area contributed by atoms with Crippen molar-refractivity contribution in [3.8, 4) is 0 Å². The van der Waals surface area contributed by atoms with Crippen LogP contribution in [0.5, 0.6) is 0 Å². The van der Waals surface area contributed by atoms with Gasteiger partial charge in [-0.2, -0.15) is 0 Å². The zero-order chi connectivity index (χ0) is 27.3. The average Bonchev–Trinajstić information content (AvgIpc) is 2.77. The minimum atomic E-state index is -0.968. The smallest absolute Gasteiger partial charge is 0.408 e. The molecule has 8 heteroatoms. The quantitative estimate of drug-likeness (QED) is 0.439. The second kappa shape index (κ2) is 11.8. The number of alkyl carbamates (subject to hydrolysis) is 1. The number of aryl methyl sites for hydroxylation is 2. The highest BCUT2D eigenvalue weighted by Crippen LogP contribution is 2.35. The van der Waals surface area contributed by atoms with E-state index in [1.54, 1.807) is 31.7 Å². The molecule has 36 heavy (non-hydrogen) atoms. The lowest BCUT2D eigenvalue weighted by Crippen LogP contribution is -2.55. The van der Waals surface area contributed by atoms with Crippen molar-refractivity contribution in [1.29, 1.82) is 0 Å². The van der Waals surface area contributed by atoms with Crippen LogP contribution in [0.1, 0.15) is 70.7 Å². The molecule has 0 aromatic heterocycles. The summed E-state index contributed by atoms with van der Waals surface area (Å²) >= 11 is 6.40. The van der Waals surface area contributed by atoms with Gasteiger partial charge >= 0.3 is 6.09 Å². The van der Waals surface area contributed by atoms with E-state index in [4.69, 9.17) is 16.3 Å². The molecule has 0 aliphatic carbocycles. The number of halogens is 1. The highest BCUT2D eigenvalue weighted by Gasteiger charge is 2.40. The number of amides is 3. The third-order valence-electron chi connectivity index (χ3n) is 6.03. The Morgan fingerprint density at radius 1 is 0.972 bits per heavy atom. The Morgan fingerprint density at radius 2 is 1.58 bits per heavy atom. The number of benzene rings is 2. The normalized spacial score (nSPS) is 12.5. The molecule has 0 radical (unpaired) electrons. The molecule has 0 aliphatic rings. The van der Waals surface area contributed by atoms with E-state index >= 15 is 0 Å². The van der Waals surface area contributed by atoms with Crippen LogP contribution in [0.4, 0.5) is 10.5 Å². The van der Waals surface area contributed by atoms with E-state index in [1.165, 1.54) is 0 Å². The first-order chi connectivity index (χ1) is 16.7. The summed E-state index contributed by atoms with van der Waals surface area (Å²) < 4.78 is 5.28. The molecule has 7 nitrogen and oxygen atoms in total. The van der Waals surface area contributed by atoms with Crippen LogP contribution in [-0.4, -0.2) is 40.5 Å². The highest BCUT2D eigenvalue weighted by molar-refractivity contribution is 6.34. The predicted octanol–water partition coefficient (Wildman–Crippen LogP) is 6.18. The summed E-state index contributed by atoms with van der Waals surface area (Å²) in [6, 6.07) is 11.9. The molecule has 2 N–H and O–H groups in total. The first-order valence-corrected chi connectivity index (χ1v) is 12.5. The van der Waals surface area contributed by atoms with Crippen molar-refractivity contribution >= 4 is 35.2 Å². The number of nitrogens with zero attached hydrogens (tertiary/aromatic N) is 1. The molecule has 0 aliphatic heterocycles. The maximum absolute atomic E-state index is 13.9.